The second kappa shape index (κ2) is 10.1. The zero-order chi connectivity index (χ0) is 23.4. The maximum Gasteiger partial charge on any atom is 0.326 e. The Hall–Kier alpha value is -2.95. The van der Waals surface area contributed by atoms with Crippen LogP contribution in [0.1, 0.15) is 28.2 Å². The molecule has 12 heteroatoms. The van der Waals surface area contributed by atoms with Crippen molar-refractivity contribution in [1.29, 1.82) is 0 Å². The number of amides is 1. The first-order valence-corrected chi connectivity index (χ1v) is 10.9. The molecule has 0 aliphatic carbocycles. The maximum absolute atomic E-state index is 12.4. The van der Waals surface area contributed by atoms with Crippen LogP contribution in [-0.4, -0.2) is 51.1 Å². The minimum Gasteiger partial charge on any atom is -0.481 e. The highest BCUT2D eigenvalue weighted by molar-refractivity contribution is 7.17. The number of hydrogen-bond acceptors (Lipinski definition) is 7. The molecule has 2 heterocycles. The Labute approximate surface area is 196 Å². The molecule has 0 unspecified atom stereocenters. The van der Waals surface area contributed by atoms with Gasteiger partial charge in [-0.05, 0) is 24.1 Å². The standard InChI is InChI=1S/C20H18Cl2N4O5S/c1-26(9-10-2-3-13-11(6-10)17(22)12(21)7-23-13)15-8-24-19(32-15)18(29)25-14(20(30)31)4-5-16(27)28/h2-3,6-8,14H,4-5,9H2,1H3,(H,25,29)(H,27,28)(H,30,31)/t14-/m0/s1. The van der Waals surface area contributed by atoms with Crippen molar-refractivity contribution in [1.82, 2.24) is 15.3 Å². The Bertz CT molecular complexity index is 1190. The summed E-state index contributed by atoms with van der Waals surface area (Å²) in [5, 5.41) is 22.5. The number of carboxylic acid groups (broad SMARTS) is 2. The van der Waals surface area contributed by atoms with Crippen LogP contribution < -0.4 is 10.2 Å². The number of thiazole rings is 1. The fourth-order valence-electron chi connectivity index (χ4n) is 2.93. The molecule has 3 rings (SSSR count). The lowest BCUT2D eigenvalue weighted by Gasteiger charge is -2.17. The van der Waals surface area contributed by atoms with Crippen LogP contribution in [0.3, 0.4) is 0 Å². The van der Waals surface area contributed by atoms with Crippen LogP contribution in [0.5, 0.6) is 0 Å². The van der Waals surface area contributed by atoms with Crippen molar-refractivity contribution in [3.63, 3.8) is 0 Å². The van der Waals surface area contributed by atoms with Crippen molar-refractivity contribution in [3.8, 4) is 0 Å². The monoisotopic (exact) mass is 496 g/mol. The molecule has 0 saturated carbocycles. The number of benzene rings is 1. The summed E-state index contributed by atoms with van der Waals surface area (Å²) in [6, 6.07) is 4.33. The molecule has 1 aromatic carbocycles. The van der Waals surface area contributed by atoms with E-state index in [0.29, 0.717) is 21.6 Å². The SMILES string of the molecule is CN(Cc1ccc2ncc(Cl)c(Cl)c2c1)c1cnc(C(=O)N[C@@H](CCC(=O)O)C(=O)O)s1. The number of aromatic nitrogens is 2. The highest BCUT2D eigenvalue weighted by Gasteiger charge is 2.23. The molecule has 3 N–H and O–H groups in total. The molecule has 1 atom stereocenters. The summed E-state index contributed by atoms with van der Waals surface area (Å²) in [6.45, 7) is 0.485. The van der Waals surface area contributed by atoms with Gasteiger partial charge in [0, 0.05) is 31.6 Å². The summed E-state index contributed by atoms with van der Waals surface area (Å²) in [4.78, 5) is 44.5. The average Bonchev–Trinajstić information content (AvgIpc) is 3.24. The van der Waals surface area contributed by atoms with Gasteiger partial charge in [0.15, 0.2) is 5.01 Å². The number of carbonyl (C=O) groups excluding carboxylic acids is 1. The number of nitrogens with zero attached hydrogens (tertiary/aromatic N) is 3. The van der Waals surface area contributed by atoms with Gasteiger partial charge in [0.25, 0.3) is 5.91 Å². The van der Waals surface area contributed by atoms with Crippen LogP contribution in [0, 0.1) is 0 Å². The van der Waals surface area contributed by atoms with Crippen molar-refractivity contribution >= 4 is 68.3 Å². The Kier molecular flexibility index (Phi) is 7.49. The van der Waals surface area contributed by atoms with Gasteiger partial charge in [0.1, 0.15) is 11.0 Å². The highest BCUT2D eigenvalue weighted by Crippen LogP contribution is 2.30. The van der Waals surface area contributed by atoms with Crippen molar-refractivity contribution < 1.29 is 24.6 Å². The third-order valence-corrected chi connectivity index (χ3v) is 6.46. The van der Waals surface area contributed by atoms with Crippen molar-refractivity contribution in [2.45, 2.75) is 25.4 Å². The second-order valence-electron chi connectivity index (χ2n) is 6.93. The predicted octanol–water partition coefficient (Wildman–Crippen LogP) is 3.68. The minimum absolute atomic E-state index is 0.0750. The molecule has 0 saturated heterocycles. The zero-order valence-electron chi connectivity index (χ0n) is 16.7. The zero-order valence-corrected chi connectivity index (χ0v) is 19.0. The summed E-state index contributed by atoms with van der Waals surface area (Å²) in [5.74, 6) is -3.12. The smallest absolute Gasteiger partial charge is 0.326 e. The second-order valence-corrected chi connectivity index (χ2v) is 8.72. The van der Waals surface area contributed by atoms with Crippen LogP contribution in [-0.2, 0) is 16.1 Å². The number of rotatable bonds is 9. The number of carboxylic acids is 2. The lowest BCUT2D eigenvalue weighted by Crippen LogP contribution is -2.41. The van der Waals surface area contributed by atoms with E-state index in [9.17, 15) is 19.5 Å². The van der Waals surface area contributed by atoms with Crippen molar-refractivity contribution in [2.75, 3.05) is 11.9 Å². The van der Waals surface area contributed by atoms with Crippen LogP contribution in [0.4, 0.5) is 5.00 Å². The molecule has 0 radical (unpaired) electrons. The van der Waals surface area contributed by atoms with Crippen LogP contribution in [0.2, 0.25) is 10.0 Å². The molecule has 3 aromatic rings. The van der Waals surface area contributed by atoms with Crippen LogP contribution in [0.15, 0.2) is 30.6 Å². The van der Waals surface area contributed by atoms with Crippen LogP contribution in [0.25, 0.3) is 10.9 Å². The molecule has 0 aliphatic rings. The summed E-state index contributed by atoms with van der Waals surface area (Å²) in [6.07, 6.45) is 2.41. The third-order valence-electron chi connectivity index (χ3n) is 4.56. The van der Waals surface area contributed by atoms with E-state index in [2.05, 4.69) is 15.3 Å². The number of aliphatic carboxylic acids is 2. The Morgan fingerprint density at radius 2 is 1.94 bits per heavy atom. The van der Waals surface area contributed by atoms with E-state index < -0.39 is 23.9 Å². The van der Waals surface area contributed by atoms with Gasteiger partial charge in [-0.25, -0.2) is 9.78 Å². The molecule has 1 amide bonds. The Morgan fingerprint density at radius 1 is 1.19 bits per heavy atom. The molecule has 0 bridgehead atoms. The van der Waals surface area contributed by atoms with Crippen LogP contribution >= 0.6 is 34.5 Å². The molecule has 2 aromatic heterocycles. The quantitative estimate of drug-likeness (QED) is 0.408. The Balaban J connectivity index is 1.70. The first kappa shape index (κ1) is 23.7. The van der Waals surface area contributed by atoms with Gasteiger partial charge in [-0.2, -0.15) is 0 Å². The highest BCUT2D eigenvalue weighted by atomic mass is 35.5. The lowest BCUT2D eigenvalue weighted by molar-refractivity contribution is -0.140. The normalized spacial score (nSPS) is 11.8. The van der Waals surface area contributed by atoms with E-state index in [1.54, 1.807) is 0 Å². The number of pyridine rings is 1. The fraction of sp³-hybridized carbons (Fsp3) is 0.250. The fourth-order valence-corrected chi connectivity index (χ4v) is 4.06. The Morgan fingerprint density at radius 3 is 2.62 bits per heavy atom. The number of fused-ring (bicyclic) bond motifs is 1. The number of anilines is 1. The largest absolute Gasteiger partial charge is 0.481 e. The van der Waals surface area contributed by atoms with E-state index in [0.717, 1.165) is 27.8 Å². The molecule has 0 aliphatic heterocycles. The summed E-state index contributed by atoms with van der Waals surface area (Å²) >= 11 is 13.4. The van der Waals surface area contributed by atoms with E-state index in [4.69, 9.17) is 28.3 Å². The van der Waals surface area contributed by atoms with Crippen molar-refractivity contribution in [3.05, 3.63) is 51.2 Å². The molecule has 0 spiro atoms. The molecule has 168 valence electrons. The first-order valence-electron chi connectivity index (χ1n) is 9.30. The van der Waals surface area contributed by atoms with Gasteiger partial charge in [0.2, 0.25) is 0 Å². The van der Waals surface area contributed by atoms with Gasteiger partial charge in [-0.1, -0.05) is 40.6 Å². The number of halogens is 2. The molecule has 32 heavy (non-hydrogen) atoms. The van der Waals surface area contributed by atoms with Gasteiger partial charge in [-0.3, -0.25) is 14.6 Å². The lowest BCUT2D eigenvalue weighted by atomic mass is 10.1. The summed E-state index contributed by atoms with van der Waals surface area (Å²) in [5.41, 5.74) is 1.66. The first-order chi connectivity index (χ1) is 15.2. The van der Waals surface area contributed by atoms with E-state index in [1.165, 1.54) is 12.4 Å². The number of nitrogens with one attached hydrogen (secondary N) is 1. The molecule has 0 fully saturated rings. The van der Waals surface area contributed by atoms with Gasteiger partial charge in [0.05, 0.1) is 21.8 Å². The van der Waals surface area contributed by atoms with Gasteiger partial charge >= 0.3 is 11.9 Å². The number of hydrogen-bond donors (Lipinski definition) is 3. The minimum atomic E-state index is -1.31. The van der Waals surface area contributed by atoms with E-state index in [1.807, 2.05) is 30.1 Å². The van der Waals surface area contributed by atoms with Crippen molar-refractivity contribution in [2.24, 2.45) is 0 Å². The molecule has 9 nitrogen and oxygen atoms in total. The maximum atomic E-state index is 12.4. The topological polar surface area (TPSA) is 133 Å². The number of carbonyl (C=O) groups is 3. The summed E-state index contributed by atoms with van der Waals surface area (Å²) in [7, 11) is 1.82. The van der Waals surface area contributed by atoms with Gasteiger partial charge < -0.3 is 20.4 Å². The van der Waals surface area contributed by atoms with Gasteiger partial charge in [-0.15, -0.1) is 0 Å². The average molecular weight is 497 g/mol. The summed E-state index contributed by atoms with van der Waals surface area (Å²) < 4.78 is 0. The molecular formula is C20H18Cl2N4O5S. The predicted molar refractivity (Wildman–Crippen MR) is 122 cm³/mol. The van der Waals surface area contributed by atoms with E-state index in [-0.39, 0.29) is 17.8 Å². The molecular weight excluding hydrogens is 479 g/mol. The third kappa shape index (κ3) is 5.64. The van der Waals surface area contributed by atoms with E-state index >= 15 is 0 Å².